The number of carbonyl (C=O) groups is 1. The van der Waals surface area contributed by atoms with Crippen molar-refractivity contribution in [3.63, 3.8) is 0 Å². The highest BCUT2D eigenvalue weighted by atomic mass is 16.1. The first-order valence-electron chi connectivity index (χ1n) is 5.25. The standard InChI is InChI=1S/C11H16N2O/c1-11(5-3-2-4-6-11)10-12-7-9(8-14)13-10/h7-8H,2-6H2,1H3,(H,12,13). The number of rotatable bonds is 2. The van der Waals surface area contributed by atoms with Gasteiger partial charge >= 0.3 is 0 Å². The van der Waals surface area contributed by atoms with E-state index in [-0.39, 0.29) is 5.41 Å². The summed E-state index contributed by atoms with van der Waals surface area (Å²) < 4.78 is 0. The maximum atomic E-state index is 10.5. The van der Waals surface area contributed by atoms with Gasteiger partial charge in [-0.05, 0) is 12.8 Å². The number of hydrogen-bond donors (Lipinski definition) is 1. The second kappa shape index (κ2) is 3.56. The number of hydrogen-bond acceptors (Lipinski definition) is 2. The van der Waals surface area contributed by atoms with Crippen LogP contribution in [-0.4, -0.2) is 16.3 Å². The molecule has 3 nitrogen and oxygen atoms in total. The highest BCUT2D eigenvalue weighted by Gasteiger charge is 2.31. The van der Waals surface area contributed by atoms with Gasteiger partial charge in [-0.15, -0.1) is 0 Å². The molecule has 0 aliphatic heterocycles. The Balaban J connectivity index is 2.23. The topological polar surface area (TPSA) is 45.8 Å². The molecule has 0 amide bonds. The predicted octanol–water partition coefficient (Wildman–Crippen LogP) is 2.44. The van der Waals surface area contributed by atoms with Gasteiger partial charge in [0.15, 0.2) is 6.29 Å². The molecule has 1 aliphatic rings. The summed E-state index contributed by atoms with van der Waals surface area (Å²) in [6.07, 6.45) is 8.68. The zero-order valence-electron chi connectivity index (χ0n) is 8.55. The summed E-state index contributed by atoms with van der Waals surface area (Å²) in [6.45, 7) is 2.24. The van der Waals surface area contributed by atoms with E-state index in [0.29, 0.717) is 5.69 Å². The van der Waals surface area contributed by atoms with Gasteiger partial charge in [0.2, 0.25) is 0 Å². The summed E-state index contributed by atoms with van der Waals surface area (Å²) >= 11 is 0. The second-order valence-electron chi connectivity index (χ2n) is 4.43. The van der Waals surface area contributed by atoms with Gasteiger partial charge in [0, 0.05) is 5.41 Å². The molecule has 1 N–H and O–H groups in total. The Bertz CT molecular complexity index is 324. The van der Waals surface area contributed by atoms with Crippen molar-refractivity contribution in [3.8, 4) is 0 Å². The van der Waals surface area contributed by atoms with Crippen LogP contribution in [0.25, 0.3) is 0 Å². The van der Waals surface area contributed by atoms with E-state index in [1.807, 2.05) is 0 Å². The van der Waals surface area contributed by atoms with E-state index in [0.717, 1.165) is 12.1 Å². The Morgan fingerprint density at radius 2 is 2.14 bits per heavy atom. The SMILES string of the molecule is CC1(c2ncc(C=O)[nH]2)CCCCC1. The van der Waals surface area contributed by atoms with Crippen LogP contribution in [0.3, 0.4) is 0 Å². The Labute approximate surface area is 83.9 Å². The summed E-state index contributed by atoms with van der Waals surface area (Å²) in [4.78, 5) is 17.9. The minimum atomic E-state index is 0.166. The fraction of sp³-hybridized carbons (Fsp3) is 0.636. The van der Waals surface area contributed by atoms with Crippen LogP contribution in [0.1, 0.15) is 55.3 Å². The van der Waals surface area contributed by atoms with Crippen molar-refractivity contribution < 1.29 is 4.79 Å². The lowest BCUT2D eigenvalue weighted by atomic mass is 9.75. The zero-order chi connectivity index (χ0) is 10.0. The molecule has 1 fully saturated rings. The third-order valence-corrected chi connectivity index (χ3v) is 3.25. The number of H-pyrrole nitrogens is 1. The van der Waals surface area contributed by atoms with Crippen molar-refractivity contribution in [1.82, 2.24) is 9.97 Å². The third kappa shape index (κ3) is 1.59. The quantitative estimate of drug-likeness (QED) is 0.731. The van der Waals surface area contributed by atoms with Crippen molar-refractivity contribution in [2.45, 2.75) is 44.4 Å². The fourth-order valence-corrected chi connectivity index (χ4v) is 2.27. The lowest BCUT2D eigenvalue weighted by Gasteiger charge is -2.31. The first-order chi connectivity index (χ1) is 6.74. The fourth-order valence-electron chi connectivity index (χ4n) is 2.27. The largest absolute Gasteiger partial charge is 0.339 e. The van der Waals surface area contributed by atoms with Crippen molar-refractivity contribution >= 4 is 6.29 Å². The Hall–Kier alpha value is -1.12. The monoisotopic (exact) mass is 192 g/mol. The van der Waals surface area contributed by atoms with Gasteiger partial charge in [-0.1, -0.05) is 26.2 Å². The van der Waals surface area contributed by atoms with E-state index in [2.05, 4.69) is 16.9 Å². The minimum absolute atomic E-state index is 0.166. The van der Waals surface area contributed by atoms with Crippen molar-refractivity contribution in [1.29, 1.82) is 0 Å². The Morgan fingerprint density at radius 1 is 1.43 bits per heavy atom. The van der Waals surface area contributed by atoms with E-state index < -0.39 is 0 Å². The predicted molar refractivity (Wildman–Crippen MR) is 54.4 cm³/mol. The molecule has 0 radical (unpaired) electrons. The number of aldehydes is 1. The van der Waals surface area contributed by atoms with Crippen LogP contribution >= 0.6 is 0 Å². The molecule has 0 unspecified atom stereocenters. The van der Waals surface area contributed by atoms with E-state index in [4.69, 9.17) is 0 Å². The van der Waals surface area contributed by atoms with E-state index in [1.165, 1.54) is 32.1 Å². The maximum Gasteiger partial charge on any atom is 0.167 e. The van der Waals surface area contributed by atoms with Crippen LogP contribution in [0.15, 0.2) is 6.20 Å². The lowest BCUT2D eigenvalue weighted by molar-refractivity contribution is 0.111. The Kier molecular flexibility index (Phi) is 2.40. The van der Waals surface area contributed by atoms with E-state index in [9.17, 15) is 4.79 Å². The van der Waals surface area contributed by atoms with Crippen LogP contribution in [0, 0.1) is 0 Å². The summed E-state index contributed by atoms with van der Waals surface area (Å²) in [7, 11) is 0. The zero-order valence-corrected chi connectivity index (χ0v) is 8.55. The third-order valence-electron chi connectivity index (χ3n) is 3.25. The summed E-state index contributed by atoms with van der Waals surface area (Å²) in [5, 5.41) is 0. The molecule has 14 heavy (non-hydrogen) atoms. The van der Waals surface area contributed by atoms with Crippen LogP contribution in [0.5, 0.6) is 0 Å². The molecule has 3 heteroatoms. The van der Waals surface area contributed by atoms with Gasteiger partial charge in [-0.2, -0.15) is 0 Å². The molecule has 1 heterocycles. The Morgan fingerprint density at radius 3 is 2.71 bits per heavy atom. The number of imidazole rings is 1. The highest BCUT2D eigenvalue weighted by Crippen LogP contribution is 2.37. The normalized spacial score (nSPS) is 20.6. The van der Waals surface area contributed by atoms with Gasteiger partial charge in [0.1, 0.15) is 5.82 Å². The molecule has 0 spiro atoms. The molecule has 0 bridgehead atoms. The second-order valence-corrected chi connectivity index (χ2v) is 4.43. The van der Waals surface area contributed by atoms with E-state index in [1.54, 1.807) is 6.20 Å². The average molecular weight is 192 g/mol. The van der Waals surface area contributed by atoms with Crippen LogP contribution in [0.4, 0.5) is 0 Å². The number of aromatic nitrogens is 2. The molecule has 2 rings (SSSR count). The minimum Gasteiger partial charge on any atom is -0.339 e. The lowest BCUT2D eigenvalue weighted by Crippen LogP contribution is -2.26. The molecular formula is C11H16N2O. The molecule has 1 aromatic rings. The smallest absolute Gasteiger partial charge is 0.167 e. The van der Waals surface area contributed by atoms with Crippen LogP contribution in [0.2, 0.25) is 0 Å². The number of carbonyl (C=O) groups excluding carboxylic acids is 1. The first kappa shape index (κ1) is 9.44. The molecule has 76 valence electrons. The van der Waals surface area contributed by atoms with Crippen LogP contribution < -0.4 is 0 Å². The van der Waals surface area contributed by atoms with Crippen molar-refractivity contribution in [2.75, 3.05) is 0 Å². The molecule has 1 saturated carbocycles. The van der Waals surface area contributed by atoms with Crippen LogP contribution in [-0.2, 0) is 5.41 Å². The molecular weight excluding hydrogens is 176 g/mol. The summed E-state index contributed by atoms with van der Waals surface area (Å²) in [6, 6.07) is 0. The number of aromatic amines is 1. The molecule has 1 aromatic heterocycles. The van der Waals surface area contributed by atoms with Gasteiger partial charge < -0.3 is 4.98 Å². The van der Waals surface area contributed by atoms with Gasteiger partial charge in [-0.3, -0.25) is 4.79 Å². The van der Waals surface area contributed by atoms with Gasteiger partial charge in [0.25, 0.3) is 0 Å². The van der Waals surface area contributed by atoms with Gasteiger partial charge in [0.05, 0.1) is 11.9 Å². The highest BCUT2D eigenvalue weighted by molar-refractivity contribution is 5.71. The number of nitrogens with one attached hydrogen (secondary N) is 1. The van der Waals surface area contributed by atoms with Crippen molar-refractivity contribution in [3.05, 3.63) is 17.7 Å². The molecule has 0 saturated heterocycles. The summed E-state index contributed by atoms with van der Waals surface area (Å²) in [5.41, 5.74) is 0.756. The number of nitrogens with zero attached hydrogens (tertiary/aromatic N) is 1. The van der Waals surface area contributed by atoms with Gasteiger partial charge in [-0.25, -0.2) is 4.98 Å². The molecule has 1 aliphatic carbocycles. The van der Waals surface area contributed by atoms with Crippen molar-refractivity contribution in [2.24, 2.45) is 0 Å². The first-order valence-corrected chi connectivity index (χ1v) is 5.25. The molecule has 0 atom stereocenters. The van der Waals surface area contributed by atoms with E-state index >= 15 is 0 Å². The summed E-state index contributed by atoms with van der Waals surface area (Å²) in [5.74, 6) is 0.985. The average Bonchev–Trinajstić information content (AvgIpc) is 2.67. The maximum absolute atomic E-state index is 10.5. The molecule has 0 aromatic carbocycles.